The Hall–Kier alpha value is -2.24. The fourth-order valence-electron chi connectivity index (χ4n) is 2.62. The number of hydrogen-bond donors (Lipinski definition) is 2. The van der Waals surface area contributed by atoms with Crippen LogP contribution in [0.4, 0.5) is 0 Å². The number of carboxylic acids is 1. The Morgan fingerprint density at radius 3 is 2.45 bits per heavy atom. The summed E-state index contributed by atoms with van der Waals surface area (Å²) in [5.74, 6) is 0.762. The van der Waals surface area contributed by atoms with Crippen molar-refractivity contribution < 1.29 is 24.4 Å². The van der Waals surface area contributed by atoms with Gasteiger partial charge in [-0.05, 0) is 38.5 Å². The van der Waals surface area contributed by atoms with Crippen LogP contribution < -0.4 is 24.9 Å². The maximum absolute atomic E-state index is 11.0. The summed E-state index contributed by atoms with van der Waals surface area (Å²) < 4.78 is 10.7. The van der Waals surface area contributed by atoms with Crippen LogP contribution in [0.1, 0.15) is 31.9 Å². The molecule has 0 aliphatic carbocycles. The maximum Gasteiger partial charge on any atom is 0.276 e. The number of carbonyl (C=O) groups is 1. The van der Waals surface area contributed by atoms with Crippen LogP contribution in [-0.4, -0.2) is 37.6 Å². The lowest BCUT2D eigenvalue weighted by Crippen LogP contribution is -2.86. The van der Waals surface area contributed by atoms with Gasteiger partial charge in [0.15, 0.2) is 11.5 Å². The topological polar surface area (TPSA) is 84.6 Å². The zero-order valence-corrected chi connectivity index (χ0v) is 13.6. The van der Waals surface area contributed by atoms with E-state index in [9.17, 15) is 9.90 Å². The van der Waals surface area contributed by atoms with Gasteiger partial charge in [-0.25, -0.2) is 0 Å². The number of hydrogen-bond acceptors (Lipinski definition) is 4. The summed E-state index contributed by atoms with van der Waals surface area (Å²) in [6, 6.07) is 2.97. The molecule has 1 aromatic carbocycles. The summed E-state index contributed by atoms with van der Waals surface area (Å²) in [4.78, 5) is 14.0. The molecule has 1 heterocycles. The van der Waals surface area contributed by atoms with Crippen LogP contribution in [0.15, 0.2) is 12.1 Å². The Morgan fingerprint density at radius 1 is 1.32 bits per heavy atom. The Balaban J connectivity index is 2.58. The fourth-order valence-corrected chi connectivity index (χ4v) is 2.62. The van der Waals surface area contributed by atoms with Crippen molar-refractivity contribution >= 4 is 11.8 Å². The summed E-state index contributed by atoms with van der Waals surface area (Å²) in [6.45, 7) is 5.65. The standard InChI is InChI=1S/C16H22N2O4/c1-9(15(19)20)17-14-11-7-13(22-5)12(21-4)6-10(11)8-16(2,3)18-14/h6-7,9H,8H2,1-5H3,(H,17,18)(H,19,20). The van der Waals surface area contributed by atoms with Crippen molar-refractivity contribution in [2.24, 2.45) is 0 Å². The third-order valence-electron chi connectivity index (χ3n) is 3.69. The average Bonchev–Trinajstić information content (AvgIpc) is 2.44. The lowest BCUT2D eigenvalue weighted by Gasteiger charge is -2.30. The smallest absolute Gasteiger partial charge is 0.276 e. The Labute approximate surface area is 130 Å². The first-order valence-electron chi connectivity index (χ1n) is 7.15. The predicted octanol–water partition coefficient (Wildman–Crippen LogP) is -1.41. The van der Waals surface area contributed by atoms with Crippen molar-refractivity contribution in [2.45, 2.75) is 38.8 Å². The minimum Gasteiger partial charge on any atom is -0.546 e. The van der Waals surface area contributed by atoms with E-state index in [1.165, 1.54) is 0 Å². The van der Waals surface area contributed by atoms with Crippen LogP contribution in [0.3, 0.4) is 0 Å². The van der Waals surface area contributed by atoms with Crippen LogP contribution in [0.25, 0.3) is 0 Å². The average molecular weight is 306 g/mol. The highest BCUT2D eigenvalue weighted by Gasteiger charge is 2.35. The number of fused-ring (bicyclic) bond motifs is 1. The van der Waals surface area contributed by atoms with Crippen LogP contribution in [0.2, 0.25) is 0 Å². The molecule has 6 nitrogen and oxygen atoms in total. The van der Waals surface area contributed by atoms with Crippen LogP contribution in [-0.2, 0) is 11.2 Å². The van der Waals surface area contributed by atoms with E-state index in [4.69, 9.17) is 9.47 Å². The summed E-state index contributed by atoms with van der Waals surface area (Å²) in [7, 11) is 3.17. The first-order valence-corrected chi connectivity index (χ1v) is 7.15. The third kappa shape index (κ3) is 3.16. The summed E-state index contributed by atoms with van der Waals surface area (Å²) >= 11 is 0. The van der Waals surface area contributed by atoms with Gasteiger partial charge in [0.2, 0.25) is 0 Å². The molecule has 2 rings (SSSR count). The minimum atomic E-state index is -1.15. The van der Waals surface area contributed by atoms with E-state index < -0.39 is 12.0 Å². The van der Waals surface area contributed by atoms with Crippen LogP contribution in [0.5, 0.6) is 11.5 Å². The predicted molar refractivity (Wildman–Crippen MR) is 80.0 cm³/mol. The quantitative estimate of drug-likeness (QED) is 0.714. The molecule has 22 heavy (non-hydrogen) atoms. The molecule has 1 aromatic rings. The van der Waals surface area contributed by atoms with Gasteiger partial charge in [-0.3, -0.25) is 10.3 Å². The molecule has 0 spiro atoms. The molecule has 1 aliphatic heterocycles. The zero-order valence-electron chi connectivity index (χ0n) is 13.6. The van der Waals surface area contributed by atoms with Crippen molar-refractivity contribution in [1.82, 2.24) is 5.32 Å². The molecule has 0 amide bonds. The van der Waals surface area contributed by atoms with Crippen molar-refractivity contribution in [2.75, 3.05) is 14.2 Å². The number of carbonyl (C=O) groups excluding carboxylic acids is 1. The number of benzene rings is 1. The van der Waals surface area contributed by atoms with E-state index in [1.54, 1.807) is 21.1 Å². The van der Waals surface area contributed by atoms with E-state index in [1.807, 2.05) is 12.1 Å². The minimum absolute atomic E-state index is 0.208. The Bertz CT molecular complexity index is 623. The van der Waals surface area contributed by atoms with E-state index in [2.05, 4.69) is 24.2 Å². The monoisotopic (exact) mass is 306 g/mol. The SMILES string of the molecule is COc1cc2c(cc1OC)C(=[NH+]C(C)C(=O)[O-])NC(C)(C)C2. The number of nitrogens with one attached hydrogen (secondary N) is 2. The van der Waals surface area contributed by atoms with E-state index in [0.717, 1.165) is 17.5 Å². The first kappa shape index (κ1) is 16.1. The summed E-state index contributed by atoms with van der Waals surface area (Å²) in [6.07, 6.45) is 0.785. The number of aliphatic carboxylic acids is 1. The highest BCUT2D eigenvalue weighted by Crippen LogP contribution is 2.33. The van der Waals surface area contributed by atoms with E-state index in [0.29, 0.717) is 17.3 Å². The number of methoxy groups -OCH3 is 2. The molecule has 0 fully saturated rings. The lowest BCUT2D eigenvalue weighted by molar-refractivity contribution is -0.503. The van der Waals surface area contributed by atoms with Gasteiger partial charge in [-0.15, -0.1) is 0 Å². The molecule has 2 N–H and O–H groups in total. The molecule has 0 aromatic heterocycles. The molecular weight excluding hydrogens is 284 g/mol. The zero-order chi connectivity index (χ0) is 16.5. The second kappa shape index (κ2) is 5.87. The van der Waals surface area contributed by atoms with Crippen molar-refractivity contribution in [1.29, 1.82) is 0 Å². The van der Waals surface area contributed by atoms with Gasteiger partial charge in [0, 0.05) is 6.42 Å². The largest absolute Gasteiger partial charge is 0.546 e. The first-order chi connectivity index (χ1) is 10.3. The normalized spacial score (nSPS) is 19.0. The molecule has 1 unspecified atom stereocenters. The van der Waals surface area contributed by atoms with Gasteiger partial charge in [-0.2, -0.15) is 0 Å². The number of amidine groups is 1. The molecule has 0 radical (unpaired) electrons. The van der Waals surface area contributed by atoms with Crippen molar-refractivity contribution in [3.05, 3.63) is 23.3 Å². The third-order valence-corrected chi connectivity index (χ3v) is 3.69. The molecule has 0 saturated carbocycles. The van der Waals surface area contributed by atoms with Crippen LogP contribution in [0, 0.1) is 0 Å². The number of carboxylic acid groups (broad SMARTS) is 1. The molecule has 1 aliphatic rings. The van der Waals surface area contributed by atoms with E-state index in [-0.39, 0.29) is 5.54 Å². The van der Waals surface area contributed by atoms with Gasteiger partial charge in [0.1, 0.15) is 11.6 Å². The maximum atomic E-state index is 11.0. The second-order valence-electron chi connectivity index (χ2n) is 6.11. The van der Waals surface area contributed by atoms with E-state index >= 15 is 0 Å². The molecule has 120 valence electrons. The van der Waals surface area contributed by atoms with Crippen molar-refractivity contribution in [3.63, 3.8) is 0 Å². The molecule has 1 atom stereocenters. The van der Waals surface area contributed by atoms with Gasteiger partial charge in [0.25, 0.3) is 5.84 Å². The molecular formula is C16H22N2O4. The van der Waals surface area contributed by atoms with Gasteiger partial charge in [0.05, 0.1) is 25.8 Å². The summed E-state index contributed by atoms with van der Waals surface area (Å²) in [5, 5.41) is 14.4. The highest BCUT2D eigenvalue weighted by atomic mass is 16.5. The molecule has 0 saturated heterocycles. The molecule has 6 heteroatoms. The summed E-state index contributed by atoms with van der Waals surface area (Å²) in [5.41, 5.74) is 1.74. The van der Waals surface area contributed by atoms with Crippen LogP contribution >= 0.6 is 0 Å². The van der Waals surface area contributed by atoms with Gasteiger partial charge >= 0.3 is 0 Å². The molecule has 0 bridgehead atoms. The Morgan fingerprint density at radius 2 is 1.91 bits per heavy atom. The lowest BCUT2D eigenvalue weighted by atomic mass is 9.86. The van der Waals surface area contributed by atoms with Gasteiger partial charge < -0.3 is 19.4 Å². The van der Waals surface area contributed by atoms with Crippen molar-refractivity contribution in [3.8, 4) is 11.5 Å². The second-order valence-corrected chi connectivity index (χ2v) is 6.11. The number of rotatable bonds is 4. The Kier molecular flexibility index (Phi) is 4.30. The van der Waals surface area contributed by atoms with Gasteiger partial charge in [-0.1, -0.05) is 0 Å². The number of ether oxygens (including phenoxy) is 2. The highest BCUT2D eigenvalue weighted by molar-refractivity contribution is 5.98. The fraction of sp³-hybridized carbons (Fsp3) is 0.500.